The Balaban J connectivity index is 2.53. The van der Waals surface area contributed by atoms with Crippen LogP contribution in [-0.4, -0.2) is 13.9 Å². The normalized spacial score (nSPS) is 13.5. The molecule has 0 aliphatic heterocycles. The predicted octanol–water partition coefficient (Wildman–Crippen LogP) is 4.23. The highest BCUT2D eigenvalue weighted by molar-refractivity contribution is 6.76. The van der Waals surface area contributed by atoms with E-state index in [2.05, 4.69) is 26.6 Å². The van der Waals surface area contributed by atoms with E-state index in [9.17, 15) is 4.79 Å². The number of hydrogen-bond acceptors (Lipinski definition) is 1. The van der Waals surface area contributed by atoms with E-state index in [0.29, 0.717) is 12.3 Å². The number of ketones is 1. The summed E-state index contributed by atoms with van der Waals surface area (Å²) in [6, 6.07) is 10.8. The minimum absolute atomic E-state index is 0.284. The fraction of sp³-hybridized carbons (Fsp3) is 0.500. The first-order chi connectivity index (χ1) is 7.38. The third-order valence-corrected chi connectivity index (χ3v) is 4.51. The van der Waals surface area contributed by atoms with Crippen LogP contribution < -0.4 is 0 Å². The van der Waals surface area contributed by atoms with Crippen molar-refractivity contribution >= 4 is 13.9 Å². The number of Topliss-reactive ketones (excluding diaryl/α,β-unsaturated/α-hetero) is 1. The predicted molar refractivity (Wildman–Crippen MR) is 72.7 cm³/mol. The second-order valence-corrected chi connectivity index (χ2v) is 11.4. The van der Waals surface area contributed by atoms with Gasteiger partial charge in [0.05, 0.1) is 0 Å². The molecule has 1 unspecified atom stereocenters. The lowest BCUT2D eigenvalue weighted by molar-refractivity contribution is 0.0967. The summed E-state index contributed by atoms with van der Waals surface area (Å²) >= 11 is 0. The van der Waals surface area contributed by atoms with Gasteiger partial charge in [-0.05, 0) is 5.92 Å². The molecule has 0 fully saturated rings. The Bertz CT molecular complexity index is 338. The lowest BCUT2D eigenvalue weighted by Gasteiger charge is -2.20. The highest BCUT2D eigenvalue weighted by atomic mass is 28.3. The molecule has 0 aromatic heterocycles. The molecular weight excluding hydrogens is 212 g/mol. The molecule has 0 bridgehead atoms. The molecule has 1 nitrogen and oxygen atoms in total. The van der Waals surface area contributed by atoms with E-state index in [1.165, 1.54) is 6.04 Å². The first kappa shape index (κ1) is 13.2. The van der Waals surface area contributed by atoms with Gasteiger partial charge in [-0.1, -0.05) is 62.9 Å². The van der Waals surface area contributed by atoms with Crippen LogP contribution in [-0.2, 0) is 0 Å². The van der Waals surface area contributed by atoms with Gasteiger partial charge in [0.2, 0.25) is 0 Å². The smallest absolute Gasteiger partial charge is 0.163 e. The maximum atomic E-state index is 12.0. The zero-order valence-corrected chi connectivity index (χ0v) is 11.8. The molecule has 2 heteroatoms. The topological polar surface area (TPSA) is 17.1 Å². The molecule has 1 atom stereocenters. The standard InChI is InChI=1S/C14H22OSi/c1-12(11-16(2,3)4)10-14(15)13-8-6-5-7-9-13/h5-9,12H,10-11H2,1-4H3. The van der Waals surface area contributed by atoms with Crippen LogP contribution in [0.2, 0.25) is 25.7 Å². The van der Waals surface area contributed by atoms with Crippen molar-refractivity contribution in [2.75, 3.05) is 0 Å². The van der Waals surface area contributed by atoms with Gasteiger partial charge in [0.25, 0.3) is 0 Å². The maximum Gasteiger partial charge on any atom is 0.163 e. The molecule has 1 aromatic rings. The van der Waals surface area contributed by atoms with Gasteiger partial charge in [-0.3, -0.25) is 4.79 Å². The van der Waals surface area contributed by atoms with Gasteiger partial charge in [-0.2, -0.15) is 0 Å². The van der Waals surface area contributed by atoms with E-state index >= 15 is 0 Å². The second kappa shape index (κ2) is 5.44. The van der Waals surface area contributed by atoms with E-state index in [1.54, 1.807) is 0 Å². The molecule has 0 radical (unpaired) electrons. The number of rotatable bonds is 5. The summed E-state index contributed by atoms with van der Waals surface area (Å²) in [5, 5.41) is 0. The van der Waals surface area contributed by atoms with Gasteiger partial charge in [0.1, 0.15) is 0 Å². The van der Waals surface area contributed by atoms with Crippen LogP contribution in [0.3, 0.4) is 0 Å². The van der Waals surface area contributed by atoms with E-state index in [0.717, 1.165) is 5.56 Å². The van der Waals surface area contributed by atoms with Crippen LogP contribution in [0.25, 0.3) is 0 Å². The number of hydrogen-bond donors (Lipinski definition) is 0. The number of carbonyl (C=O) groups is 1. The highest BCUT2D eigenvalue weighted by Gasteiger charge is 2.19. The Morgan fingerprint density at radius 2 is 1.75 bits per heavy atom. The van der Waals surface area contributed by atoms with Gasteiger partial charge in [-0.25, -0.2) is 0 Å². The summed E-state index contributed by atoms with van der Waals surface area (Å²) in [5.41, 5.74) is 0.852. The van der Waals surface area contributed by atoms with E-state index in [-0.39, 0.29) is 5.78 Å². The summed E-state index contributed by atoms with van der Waals surface area (Å²) < 4.78 is 0. The molecule has 16 heavy (non-hydrogen) atoms. The van der Waals surface area contributed by atoms with Crippen LogP contribution in [0, 0.1) is 5.92 Å². The van der Waals surface area contributed by atoms with Crippen molar-refractivity contribution in [1.29, 1.82) is 0 Å². The molecule has 0 N–H and O–H groups in total. The molecule has 0 saturated heterocycles. The minimum atomic E-state index is -1.04. The van der Waals surface area contributed by atoms with Crippen LogP contribution in [0.4, 0.5) is 0 Å². The third kappa shape index (κ3) is 4.75. The molecular formula is C14H22OSi. The lowest BCUT2D eigenvalue weighted by Crippen LogP contribution is -2.23. The second-order valence-electron chi connectivity index (χ2n) is 5.86. The molecule has 88 valence electrons. The van der Waals surface area contributed by atoms with Crippen molar-refractivity contribution in [3.8, 4) is 0 Å². The van der Waals surface area contributed by atoms with Gasteiger partial charge in [0.15, 0.2) is 5.78 Å². The average Bonchev–Trinajstić information content (AvgIpc) is 2.16. The van der Waals surface area contributed by atoms with Crippen molar-refractivity contribution in [2.24, 2.45) is 5.92 Å². The Morgan fingerprint density at radius 1 is 1.19 bits per heavy atom. The van der Waals surface area contributed by atoms with Gasteiger partial charge < -0.3 is 0 Å². The SMILES string of the molecule is CC(CC(=O)c1ccccc1)C[Si](C)(C)C. The van der Waals surface area contributed by atoms with Crippen molar-refractivity contribution in [3.63, 3.8) is 0 Å². The molecule has 1 aromatic carbocycles. The van der Waals surface area contributed by atoms with E-state index in [4.69, 9.17) is 0 Å². The molecule has 0 amide bonds. The zero-order chi connectivity index (χ0) is 12.2. The summed E-state index contributed by atoms with van der Waals surface area (Å²) in [6.45, 7) is 9.27. The molecule has 0 saturated carbocycles. The third-order valence-electron chi connectivity index (χ3n) is 2.59. The van der Waals surface area contributed by atoms with Crippen LogP contribution in [0.15, 0.2) is 30.3 Å². The van der Waals surface area contributed by atoms with Crippen molar-refractivity contribution in [1.82, 2.24) is 0 Å². The summed E-state index contributed by atoms with van der Waals surface area (Å²) in [5.74, 6) is 0.797. The number of benzene rings is 1. The van der Waals surface area contributed by atoms with Crippen LogP contribution in [0.1, 0.15) is 23.7 Å². The summed E-state index contributed by atoms with van der Waals surface area (Å²) in [4.78, 5) is 12.0. The van der Waals surface area contributed by atoms with Crippen LogP contribution >= 0.6 is 0 Å². The highest BCUT2D eigenvalue weighted by Crippen LogP contribution is 2.20. The number of carbonyl (C=O) groups excluding carboxylic acids is 1. The van der Waals surface area contributed by atoms with Crippen molar-refractivity contribution in [2.45, 2.75) is 39.0 Å². The molecule has 0 heterocycles. The van der Waals surface area contributed by atoms with Gasteiger partial charge >= 0.3 is 0 Å². The summed E-state index contributed by atoms with van der Waals surface area (Å²) in [7, 11) is -1.04. The minimum Gasteiger partial charge on any atom is -0.294 e. The molecule has 0 aliphatic carbocycles. The fourth-order valence-corrected chi connectivity index (χ4v) is 4.41. The first-order valence-corrected chi connectivity index (χ1v) is 9.67. The first-order valence-electron chi connectivity index (χ1n) is 5.97. The lowest BCUT2D eigenvalue weighted by atomic mass is 10.0. The average molecular weight is 234 g/mol. The Morgan fingerprint density at radius 3 is 2.25 bits per heavy atom. The van der Waals surface area contributed by atoms with Gasteiger partial charge in [-0.15, -0.1) is 0 Å². The zero-order valence-electron chi connectivity index (χ0n) is 10.8. The monoisotopic (exact) mass is 234 g/mol. The Kier molecular flexibility index (Phi) is 4.48. The maximum absolute atomic E-state index is 12.0. The molecule has 1 rings (SSSR count). The summed E-state index contributed by atoms with van der Waals surface area (Å²) in [6.07, 6.45) is 0.689. The molecule has 0 spiro atoms. The Labute approximate surface area is 99.9 Å². The van der Waals surface area contributed by atoms with E-state index < -0.39 is 8.07 Å². The van der Waals surface area contributed by atoms with Crippen molar-refractivity contribution in [3.05, 3.63) is 35.9 Å². The van der Waals surface area contributed by atoms with Crippen LogP contribution in [0.5, 0.6) is 0 Å². The largest absolute Gasteiger partial charge is 0.294 e. The fourth-order valence-electron chi connectivity index (χ4n) is 2.18. The molecule has 0 aliphatic rings. The van der Waals surface area contributed by atoms with Gasteiger partial charge in [0, 0.05) is 20.1 Å². The van der Waals surface area contributed by atoms with Crippen molar-refractivity contribution < 1.29 is 4.79 Å². The Hall–Kier alpha value is -0.893. The van der Waals surface area contributed by atoms with E-state index in [1.807, 2.05) is 30.3 Å². The quantitative estimate of drug-likeness (QED) is 0.550.